The summed E-state index contributed by atoms with van der Waals surface area (Å²) in [7, 11) is 0. The van der Waals surface area contributed by atoms with E-state index in [1.165, 1.54) is 32.4 Å². The van der Waals surface area contributed by atoms with Crippen LogP contribution in [0.3, 0.4) is 0 Å². The number of likely N-dealkylation sites (tertiary alicyclic amines) is 1. The summed E-state index contributed by atoms with van der Waals surface area (Å²) in [5.74, 6) is 2.68. The molecule has 1 aromatic heterocycles. The van der Waals surface area contributed by atoms with E-state index in [0.29, 0.717) is 0 Å². The summed E-state index contributed by atoms with van der Waals surface area (Å²) in [5.41, 5.74) is 4.11. The van der Waals surface area contributed by atoms with Gasteiger partial charge >= 0.3 is 0 Å². The minimum atomic E-state index is -0.322. The van der Waals surface area contributed by atoms with Crippen molar-refractivity contribution in [2.75, 3.05) is 19.6 Å². The molecule has 5 nitrogen and oxygen atoms in total. The highest BCUT2D eigenvalue weighted by molar-refractivity contribution is 6.03. The molecule has 2 aromatic carbocycles. The standard InChI is InChI=1S/C25H27N3O2.ClH/c1-25(2)11-10-18-21(30-25)16-19-22-23(17-8-4-5-9-20(17)29-24(18)22)26-28(19)15-14-27-12-6-3-7-13-27;/h4-5,8-11,16H,3,6-7,12-15H2,1-2H3;1H. The summed E-state index contributed by atoms with van der Waals surface area (Å²) in [6, 6.07) is 10.5. The lowest BCUT2D eigenvalue weighted by atomic mass is 9.96. The molecule has 3 aliphatic heterocycles. The number of nitrogens with one attached hydrogen (secondary N) is 1. The molecule has 0 atom stereocenters. The number of nitrogens with zero attached hydrogens (tertiary/aromatic N) is 2. The van der Waals surface area contributed by atoms with Crippen LogP contribution in [0.5, 0.6) is 17.2 Å². The highest BCUT2D eigenvalue weighted by atomic mass is 35.5. The average Bonchev–Trinajstić information content (AvgIpc) is 3.11. The second-order valence-corrected chi connectivity index (χ2v) is 9.19. The monoisotopic (exact) mass is 437 g/mol. The van der Waals surface area contributed by atoms with Gasteiger partial charge in [0.2, 0.25) is 5.52 Å². The number of para-hydroxylation sites is 1. The summed E-state index contributed by atoms with van der Waals surface area (Å²) >= 11 is 0. The van der Waals surface area contributed by atoms with Crippen molar-refractivity contribution in [1.29, 1.82) is 0 Å². The maximum Gasteiger partial charge on any atom is 0.246 e. The molecule has 3 aliphatic rings. The second-order valence-electron chi connectivity index (χ2n) is 9.19. The first-order valence-electron chi connectivity index (χ1n) is 11.1. The van der Waals surface area contributed by atoms with Crippen molar-refractivity contribution in [3.63, 3.8) is 0 Å². The van der Waals surface area contributed by atoms with Crippen LogP contribution in [0.1, 0.15) is 38.7 Å². The van der Waals surface area contributed by atoms with Crippen molar-refractivity contribution in [3.8, 4) is 28.5 Å². The van der Waals surface area contributed by atoms with E-state index in [0.717, 1.165) is 58.1 Å². The predicted octanol–water partition coefficient (Wildman–Crippen LogP) is 1.90. The number of benzene rings is 2. The van der Waals surface area contributed by atoms with Crippen molar-refractivity contribution < 1.29 is 26.6 Å². The number of piperidine rings is 1. The number of H-pyrrole nitrogens is 1. The van der Waals surface area contributed by atoms with Gasteiger partial charge in [0.15, 0.2) is 12.3 Å². The van der Waals surface area contributed by atoms with Crippen LogP contribution < -0.4 is 26.6 Å². The molecule has 1 fully saturated rings. The molecule has 6 heteroatoms. The first-order valence-corrected chi connectivity index (χ1v) is 11.1. The molecule has 6 rings (SSSR count). The minimum absolute atomic E-state index is 0. The van der Waals surface area contributed by atoms with Crippen LogP contribution in [-0.4, -0.2) is 35.2 Å². The normalized spacial score (nSPS) is 18.5. The van der Waals surface area contributed by atoms with E-state index >= 15 is 0 Å². The van der Waals surface area contributed by atoms with Gasteiger partial charge in [-0.2, -0.15) is 5.10 Å². The number of halogens is 1. The molecule has 162 valence electrons. The number of rotatable bonds is 3. The SMILES string of the molecule is CC1(C)C=Cc2c(cc3c4c([nH][n+]3CCN3CCCCC3)-c3ccccc3Oc24)O1.[Cl-]. The lowest BCUT2D eigenvalue weighted by Crippen LogP contribution is -3.00. The van der Waals surface area contributed by atoms with Crippen LogP contribution in [0.4, 0.5) is 0 Å². The largest absolute Gasteiger partial charge is 1.00 e. The second kappa shape index (κ2) is 7.57. The van der Waals surface area contributed by atoms with Crippen LogP contribution in [0.25, 0.3) is 28.2 Å². The Kier molecular flexibility index (Phi) is 4.98. The quantitative estimate of drug-likeness (QED) is 0.498. The Labute approximate surface area is 189 Å². The molecular formula is C25H28ClN3O2. The molecule has 0 saturated carbocycles. The highest BCUT2D eigenvalue weighted by Gasteiger charge is 2.35. The van der Waals surface area contributed by atoms with Gasteiger partial charge in [0.05, 0.1) is 18.2 Å². The van der Waals surface area contributed by atoms with E-state index in [1.54, 1.807) is 0 Å². The van der Waals surface area contributed by atoms with E-state index in [9.17, 15) is 0 Å². The van der Waals surface area contributed by atoms with E-state index in [2.05, 4.69) is 58.9 Å². The average molecular weight is 438 g/mol. The Morgan fingerprint density at radius 1 is 1.10 bits per heavy atom. The van der Waals surface area contributed by atoms with Crippen molar-refractivity contribution >= 4 is 17.0 Å². The number of aromatic nitrogens is 2. The zero-order valence-electron chi connectivity index (χ0n) is 18.1. The topological polar surface area (TPSA) is 41.4 Å². The van der Waals surface area contributed by atoms with E-state index in [-0.39, 0.29) is 18.0 Å². The van der Waals surface area contributed by atoms with Gasteiger partial charge < -0.3 is 21.9 Å². The fourth-order valence-electron chi connectivity index (χ4n) is 4.96. The summed E-state index contributed by atoms with van der Waals surface area (Å²) in [5, 5.41) is 4.85. The number of aromatic amines is 1. The summed E-state index contributed by atoms with van der Waals surface area (Å²) in [6.07, 6.45) is 8.25. The Morgan fingerprint density at radius 2 is 1.90 bits per heavy atom. The zero-order chi connectivity index (χ0) is 20.3. The Morgan fingerprint density at radius 3 is 2.74 bits per heavy atom. The first kappa shape index (κ1) is 20.4. The molecule has 0 spiro atoms. The minimum Gasteiger partial charge on any atom is -1.00 e. The fourth-order valence-corrected chi connectivity index (χ4v) is 4.96. The van der Waals surface area contributed by atoms with Crippen molar-refractivity contribution in [1.82, 2.24) is 10.00 Å². The molecular weight excluding hydrogens is 410 g/mol. The molecule has 0 aliphatic carbocycles. The van der Waals surface area contributed by atoms with E-state index in [4.69, 9.17) is 9.47 Å². The predicted molar refractivity (Wildman–Crippen MR) is 118 cm³/mol. The Hall–Kier alpha value is -2.50. The smallest absolute Gasteiger partial charge is 0.246 e. The van der Waals surface area contributed by atoms with Crippen LogP contribution in [0.2, 0.25) is 0 Å². The Balaban J connectivity index is 0.00000204. The summed E-state index contributed by atoms with van der Waals surface area (Å²) in [6.45, 7) is 8.58. The molecule has 3 aromatic rings. The maximum absolute atomic E-state index is 6.45. The number of hydrogen-bond acceptors (Lipinski definition) is 3. The lowest BCUT2D eigenvalue weighted by Gasteiger charge is -2.29. The number of ether oxygens (including phenoxy) is 2. The Bertz CT molecular complexity index is 1180. The van der Waals surface area contributed by atoms with Gasteiger partial charge in [0.25, 0.3) is 0 Å². The van der Waals surface area contributed by atoms with Gasteiger partial charge in [-0.25, -0.2) is 0 Å². The third-order valence-corrected chi connectivity index (χ3v) is 6.53. The summed E-state index contributed by atoms with van der Waals surface area (Å²) < 4.78 is 15.1. The molecule has 1 saturated heterocycles. The number of hydrogen-bond donors (Lipinski definition) is 1. The molecule has 31 heavy (non-hydrogen) atoms. The third kappa shape index (κ3) is 3.40. The molecule has 0 unspecified atom stereocenters. The van der Waals surface area contributed by atoms with Crippen LogP contribution in [0, 0.1) is 0 Å². The zero-order valence-corrected chi connectivity index (χ0v) is 18.8. The first-order chi connectivity index (χ1) is 14.6. The molecule has 4 heterocycles. The van der Waals surface area contributed by atoms with Gasteiger partial charge in [-0.05, 0) is 64.1 Å². The van der Waals surface area contributed by atoms with Crippen molar-refractivity contribution in [3.05, 3.63) is 42.0 Å². The molecule has 0 amide bonds. The summed E-state index contributed by atoms with van der Waals surface area (Å²) in [4.78, 5) is 2.58. The van der Waals surface area contributed by atoms with Gasteiger partial charge in [0.1, 0.15) is 28.2 Å². The number of fused-ring (bicyclic) bond motifs is 4. The van der Waals surface area contributed by atoms with Crippen LogP contribution >= 0.6 is 0 Å². The fraction of sp³-hybridized carbons (Fsp3) is 0.400. The molecule has 0 radical (unpaired) electrons. The van der Waals surface area contributed by atoms with Crippen LogP contribution in [-0.2, 0) is 6.54 Å². The van der Waals surface area contributed by atoms with E-state index in [1.807, 2.05) is 12.1 Å². The van der Waals surface area contributed by atoms with Crippen molar-refractivity contribution in [2.45, 2.75) is 45.3 Å². The van der Waals surface area contributed by atoms with Gasteiger partial charge in [-0.15, -0.1) is 4.68 Å². The third-order valence-electron chi connectivity index (χ3n) is 6.53. The molecule has 1 N–H and O–H groups in total. The highest BCUT2D eigenvalue weighted by Crippen LogP contribution is 2.50. The van der Waals surface area contributed by atoms with Gasteiger partial charge in [-0.1, -0.05) is 18.6 Å². The lowest BCUT2D eigenvalue weighted by molar-refractivity contribution is -0.725. The maximum atomic E-state index is 6.45. The van der Waals surface area contributed by atoms with Crippen molar-refractivity contribution in [2.24, 2.45) is 0 Å². The molecule has 0 bridgehead atoms. The van der Waals surface area contributed by atoms with E-state index < -0.39 is 0 Å². The van der Waals surface area contributed by atoms with Gasteiger partial charge in [-0.3, -0.25) is 4.90 Å². The van der Waals surface area contributed by atoms with Crippen LogP contribution in [0.15, 0.2) is 36.4 Å². The van der Waals surface area contributed by atoms with Gasteiger partial charge in [0, 0.05) is 5.56 Å².